The van der Waals surface area contributed by atoms with Gasteiger partial charge in [0.1, 0.15) is 0 Å². The minimum atomic E-state index is -0.0319. The van der Waals surface area contributed by atoms with Gasteiger partial charge in [0.2, 0.25) is 0 Å². The monoisotopic (exact) mass is 248 g/mol. The van der Waals surface area contributed by atoms with E-state index in [0.717, 1.165) is 18.8 Å². The molecule has 1 saturated carbocycles. The van der Waals surface area contributed by atoms with Crippen LogP contribution in [0.15, 0.2) is 17.1 Å². The largest absolute Gasteiger partial charge is 0.370 e. The minimum absolute atomic E-state index is 0.0319. The molecule has 2 heterocycles. The molecule has 1 aromatic heterocycles. The Kier molecular flexibility index (Phi) is 3.07. The standard InChI is InChI=1S/C13H20N4O/c14-12(10-3-4-10)9-17-13(18)7-11(8-15-17)16-5-1-2-6-16/h7-8,10,12H,1-6,9,14H2. The van der Waals surface area contributed by atoms with Crippen LogP contribution in [0.25, 0.3) is 0 Å². The maximum absolute atomic E-state index is 12.0. The number of hydrogen-bond donors (Lipinski definition) is 1. The van der Waals surface area contributed by atoms with Crippen molar-refractivity contribution in [1.29, 1.82) is 0 Å². The molecule has 1 atom stereocenters. The summed E-state index contributed by atoms with van der Waals surface area (Å²) in [4.78, 5) is 14.2. The van der Waals surface area contributed by atoms with Crippen molar-refractivity contribution < 1.29 is 0 Å². The van der Waals surface area contributed by atoms with E-state index in [1.54, 1.807) is 12.3 Å². The van der Waals surface area contributed by atoms with Crippen molar-refractivity contribution in [3.05, 3.63) is 22.6 Å². The van der Waals surface area contributed by atoms with E-state index in [2.05, 4.69) is 10.00 Å². The first-order valence-electron chi connectivity index (χ1n) is 6.82. The van der Waals surface area contributed by atoms with Gasteiger partial charge in [0, 0.05) is 25.2 Å². The SMILES string of the molecule is NC(Cn1ncc(N2CCCC2)cc1=O)C1CC1. The zero-order chi connectivity index (χ0) is 12.5. The predicted octanol–water partition coefficient (Wildman–Crippen LogP) is 0.581. The van der Waals surface area contributed by atoms with Gasteiger partial charge in [0.25, 0.3) is 5.56 Å². The molecule has 1 aliphatic carbocycles. The van der Waals surface area contributed by atoms with Crippen molar-refractivity contribution in [3.8, 4) is 0 Å². The van der Waals surface area contributed by atoms with Crippen LogP contribution in [-0.4, -0.2) is 28.9 Å². The molecule has 5 heteroatoms. The fraction of sp³-hybridized carbons (Fsp3) is 0.692. The van der Waals surface area contributed by atoms with Gasteiger partial charge < -0.3 is 10.6 Å². The Morgan fingerprint density at radius 2 is 2.11 bits per heavy atom. The zero-order valence-electron chi connectivity index (χ0n) is 10.6. The van der Waals surface area contributed by atoms with E-state index in [9.17, 15) is 4.79 Å². The van der Waals surface area contributed by atoms with Crippen molar-refractivity contribution in [2.45, 2.75) is 38.3 Å². The Morgan fingerprint density at radius 1 is 1.39 bits per heavy atom. The van der Waals surface area contributed by atoms with Crippen molar-refractivity contribution in [3.63, 3.8) is 0 Å². The van der Waals surface area contributed by atoms with Gasteiger partial charge in [-0.15, -0.1) is 0 Å². The molecule has 2 N–H and O–H groups in total. The average Bonchev–Trinajstić information content (AvgIpc) is 3.07. The molecule has 0 bridgehead atoms. The van der Waals surface area contributed by atoms with Crippen LogP contribution < -0.4 is 16.2 Å². The van der Waals surface area contributed by atoms with Crippen LogP contribution in [0.3, 0.4) is 0 Å². The number of nitrogens with zero attached hydrogens (tertiary/aromatic N) is 3. The first-order chi connectivity index (χ1) is 8.74. The summed E-state index contributed by atoms with van der Waals surface area (Å²) < 4.78 is 1.50. The summed E-state index contributed by atoms with van der Waals surface area (Å²) in [6, 6.07) is 1.77. The molecule has 1 aromatic rings. The third-order valence-electron chi connectivity index (χ3n) is 3.94. The number of aromatic nitrogens is 2. The first kappa shape index (κ1) is 11.7. The van der Waals surface area contributed by atoms with Crippen LogP contribution in [0.1, 0.15) is 25.7 Å². The summed E-state index contributed by atoms with van der Waals surface area (Å²) in [5.41, 5.74) is 6.95. The van der Waals surface area contributed by atoms with Gasteiger partial charge in [-0.3, -0.25) is 4.79 Å². The summed E-state index contributed by atoms with van der Waals surface area (Å²) in [7, 11) is 0. The molecule has 3 rings (SSSR count). The maximum atomic E-state index is 12.0. The van der Waals surface area contributed by atoms with E-state index in [0.29, 0.717) is 12.5 Å². The first-order valence-corrected chi connectivity index (χ1v) is 6.82. The summed E-state index contributed by atoms with van der Waals surface area (Å²) in [5.74, 6) is 0.594. The Bertz CT molecular complexity index is 474. The normalized spacial score (nSPS) is 21.3. The van der Waals surface area contributed by atoms with Gasteiger partial charge >= 0.3 is 0 Å². The van der Waals surface area contributed by atoms with E-state index in [4.69, 9.17) is 5.73 Å². The second-order valence-electron chi connectivity index (χ2n) is 5.43. The summed E-state index contributed by atoms with van der Waals surface area (Å²) in [6.07, 6.45) is 6.60. The summed E-state index contributed by atoms with van der Waals surface area (Å²) in [6.45, 7) is 2.61. The molecule has 0 radical (unpaired) electrons. The Balaban J connectivity index is 1.73. The summed E-state index contributed by atoms with van der Waals surface area (Å²) in [5, 5.41) is 4.26. The van der Waals surface area contributed by atoms with Crippen molar-refractivity contribution in [2.75, 3.05) is 18.0 Å². The molecule has 0 aromatic carbocycles. The number of anilines is 1. The highest BCUT2D eigenvalue weighted by Gasteiger charge is 2.29. The third kappa shape index (κ3) is 2.41. The summed E-state index contributed by atoms with van der Waals surface area (Å²) >= 11 is 0. The maximum Gasteiger partial charge on any atom is 0.268 e. The molecule has 2 aliphatic rings. The van der Waals surface area contributed by atoms with Crippen LogP contribution in [0.2, 0.25) is 0 Å². The number of rotatable bonds is 4. The fourth-order valence-electron chi connectivity index (χ4n) is 2.58. The molecule has 1 unspecified atom stereocenters. The number of nitrogens with two attached hydrogens (primary N) is 1. The molecule has 2 fully saturated rings. The van der Waals surface area contributed by atoms with Crippen LogP contribution in [0.5, 0.6) is 0 Å². The minimum Gasteiger partial charge on any atom is -0.370 e. The lowest BCUT2D eigenvalue weighted by Gasteiger charge is -2.18. The van der Waals surface area contributed by atoms with Crippen LogP contribution in [0.4, 0.5) is 5.69 Å². The van der Waals surface area contributed by atoms with Crippen molar-refractivity contribution >= 4 is 5.69 Å². The number of hydrogen-bond acceptors (Lipinski definition) is 4. The van der Waals surface area contributed by atoms with Crippen LogP contribution in [-0.2, 0) is 6.54 Å². The second kappa shape index (κ2) is 4.72. The smallest absolute Gasteiger partial charge is 0.268 e. The lowest BCUT2D eigenvalue weighted by Crippen LogP contribution is -2.35. The molecule has 1 aliphatic heterocycles. The van der Waals surface area contributed by atoms with Gasteiger partial charge in [-0.05, 0) is 31.6 Å². The lowest BCUT2D eigenvalue weighted by molar-refractivity contribution is 0.455. The molecule has 5 nitrogen and oxygen atoms in total. The van der Waals surface area contributed by atoms with Crippen LogP contribution >= 0.6 is 0 Å². The van der Waals surface area contributed by atoms with E-state index in [-0.39, 0.29) is 11.6 Å². The van der Waals surface area contributed by atoms with Gasteiger partial charge in [-0.2, -0.15) is 5.10 Å². The topological polar surface area (TPSA) is 64.2 Å². The Morgan fingerprint density at radius 3 is 2.72 bits per heavy atom. The molecule has 98 valence electrons. The van der Waals surface area contributed by atoms with Crippen LogP contribution in [0, 0.1) is 5.92 Å². The highest BCUT2D eigenvalue weighted by Crippen LogP contribution is 2.31. The predicted molar refractivity (Wildman–Crippen MR) is 70.6 cm³/mol. The van der Waals surface area contributed by atoms with Gasteiger partial charge in [-0.25, -0.2) is 4.68 Å². The van der Waals surface area contributed by atoms with Gasteiger partial charge in [0.15, 0.2) is 0 Å². The highest BCUT2D eigenvalue weighted by molar-refractivity contribution is 5.43. The Hall–Kier alpha value is -1.36. The highest BCUT2D eigenvalue weighted by atomic mass is 16.1. The lowest BCUT2D eigenvalue weighted by atomic mass is 10.2. The molecule has 18 heavy (non-hydrogen) atoms. The molecular formula is C13H20N4O. The van der Waals surface area contributed by atoms with Gasteiger partial charge in [0.05, 0.1) is 18.4 Å². The van der Waals surface area contributed by atoms with E-state index < -0.39 is 0 Å². The molecule has 1 saturated heterocycles. The van der Waals surface area contributed by atoms with E-state index in [1.165, 1.54) is 30.4 Å². The molecule has 0 amide bonds. The van der Waals surface area contributed by atoms with Crippen molar-refractivity contribution in [2.24, 2.45) is 11.7 Å². The fourth-order valence-corrected chi connectivity index (χ4v) is 2.58. The molecule has 0 spiro atoms. The average molecular weight is 248 g/mol. The second-order valence-corrected chi connectivity index (χ2v) is 5.43. The van der Waals surface area contributed by atoms with Crippen molar-refractivity contribution in [1.82, 2.24) is 9.78 Å². The Labute approximate surface area is 107 Å². The zero-order valence-corrected chi connectivity index (χ0v) is 10.6. The van der Waals surface area contributed by atoms with E-state index in [1.807, 2.05) is 0 Å². The molecular weight excluding hydrogens is 228 g/mol. The third-order valence-corrected chi connectivity index (χ3v) is 3.94. The van der Waals surface area contributed by atoms with Gasteiger partial charge in [-0.1, -0.05) is 0 Å². The quantitative estimate of drug-likeness (QED) is 0.846. The van der Waals surface area contributed by atoms with E-state index >= 15 is 0 Å².